The van der Waals surface area contributed by atoms with Crippen molar-refractivity contribution in [2.24, 2.45) is 0 Å². The van der Waals surface area contributed by atoms with Crippen molar-refractivity contribution >= 4 is 49.4 Å². The number of hydrogen-bond donors (Lipinski definition) is 0. The van der Waals surface area contributed by atoms with E-state index in [1.54, 1.807) is 4.90 Å². The number of aromatic nitrogens is 3. The molecular formula is C26H25BrN4O2S. The van der Waals surface area contributed by atoms with Crippen LogP contribution in [0, 0.1) is 0 Å². The summed E-state index contributed by atoms with van der Waals surface area (Å²) in [5.74, 6) is 0.368. The van der Waals surface area contributed by atoms with Crippen LogP contribution in [-0.4, -0.2) is 27.0 Å². The predicted molar refractivity (Wildman–Crippen MR) is 140 cm³/mol. The van der Waals surface area contributed by atoms with E-state index in [2.05, 4.69) is 65.8 Å². The molecule has 1 aliphatic rings. The maximum absolute atomic E-state index is 13.4. The van der Waals surface area contributed by atoms with E-state index in [1.807, 2.05) is 30.3 Å². The molecule has 2 aromatic carbocycles. The summed E-state index contributed by atoms with van der Waals surface area (Å²) < 4.78 is 2.56. The Bertz CT molecular complexity index is 1530. The number of fused-ring (bicyclic) bond motifs is 2. The molecule has 0 N–H and O–H groups in total. The molecule has 1 aliphatic heterocycles. The SMILES string of the molecule is CCCCN1C(=O)/C(=c2\sc3nc(-c4ccc(C(C)(C)C)cc4)nn3c2=O)c2cc(Br)ccc21. The van der Waals surface area contributed by atoms with Gasteiger partial charge in [0.25, 0.3) is 11.5 Å². The second-order valence-electron chi connectivity index (χ2n) is 9.54. The fourth-order valence-corrected chi connectivity index (χ4v) is 5.55. The molecule has 8 heteroatoms. The molecule has 1 amide bonds. The first-order valence-electron chi connectivity index (χ1n) is 11.4. The summed E-state index contributed by atoms with van der Waals surface area (Å²) >= 11 is 4.73. The molecule has 2 aromatic heterocycles. The molecule has 0 saturated carbocycles. The number of nitrogens with zero attached hydrogens (tertiary/aromatic N) is 4. The van der Waals surface area contributed by atoms with Gasteiger partial charge in [0.1, 0.15) is 4.53 Å². The number of rotatable bonds is 4. The van der Waals surface area contributed by atoms with Crippen LogP contribution in [0.15, 0.2) is 51.7 Å². The molecule has 0 aliphatic carbocycles. The largest absolute Gasteiger partial charge is 0.308 e. The minimum absolute atomic E-state index is 0.0545. The van der Waals surface area contributed by atoms with Crippen molar-refractivity contribution in [2.45, 2.75) is 46.0 Å². The van der Waals surface area contributed by atoms with E-state index in [9.17, 15) is 9.59 Å². The van der Waals surface area contributed by atoms with Crippen LogP contribution >= 0.6 is 27.3 Å². The molecule has 0 fully saturated rings. The lowest BCUT2D eigenvalue weighted by Gasteiger charge is -2.18. The molecule has 3 heterocycles. The van der Waals surface area contributed by atoms with Gasteiger partial charge in [-0.25, -0.2) is 0 Å². The number of hydrogen-bond acceptors (Lipinski definition) is 5. The number of unbranched alkanes of at least 4 members (excludes halogenated alkanes) is 1. The van der Waals surface area contributed by atoms with Gasteiger partial charge in [-0.3, -0.25) is 9.59 Å². The van der Waals surface area contributed by atoms with Gasteiger partial charge in [-0.05, 0) is 35.6 Å². The first kappa shape index (κ1) is 22.9. The maximum atomic E-state index is 13.4. The normalized spacial score (nSPS) is 15.4. The van der Waals surface area contributed by atoms with Gasteiger partial charge in [-0.15, -0.1) is 5.10 Å². The van der Waals surface area contributed by atoms with Gasteiger partial charge in [0, 0.05) is 22.1 Å². The molecule has 0 unspecified atom stereocenters. The average Bonchev–Trinajstić information content (AvgIpc) is 3.42. The summed E-state index contributed by atoms with van der Waals surface area (Å²) in [6.45, 7) is 9.22. The number of halogens is 1. The minimum atomic E-state index is -0.309. The van der Waals surface area contributed by atoms with Crippen LogP contribution in [0.4, 0.5) is 5.69 Å². The van der Waals surface area contributed by atoms with E-state index in [1.165, 1.54) is 21.4 Å². The summed E-state index contributed by atoms with van der Waals surface area (Å²) in [6.07, 6.45) is 1.87. The Balaban J connectivity index is 1.63. The summed E-state index contributed by atoms with van der Waals surface area (Å²) in [4.78, 5) is 33.7. The summed E-state index contributed by atoms with van der Waals surface area (Å²) in [5, 5.41) is 4.49. The van der Waals surface area contributed by atoms with Crippen molar-refractivity contribution in [3.8, 4) is 11.4 Å². The van der Waals surface area contributed by atoms with Crippen LogP contribution in [0.3, 0.4) is 0 Å². The van der Waals surface area contributed by atoms with Crippen LogP contribution < -0.4 is 15.0 Å². The van der Waals surface area contributed by atoms with Crippen LogP contribution in [0.25, 0.3) is 21.9 Å². The zero-order valence-corrected chi connectivity index (χ0v) is 22.0. The number of thiazole rings is 1. The molecule has 5 rings (SSSR count). The zero-order valence-electron chi connectivity index (χ0n) is 19.6. The van der Waals surface area contributed by atoms with Crippen LogP contribution in [0.5, 0.6) is 0 Å². The van der Waals surface area contributed by atoms with Gasteiger partial charge in [0.15, 0.2) is 5.82 Å². The Morgan fingerprint density at radius 2 is 1.79 bits per heavy atom. The van der Waals surface area contributed by atoms with Gasteiger partial charge >= 0.3 is 0 Å². The van der Waals surface area contributed by atoms with E-state index >= 15 is 0 Å². The highest BCUT2D eigenvalue weighted by Gasteiger charge is 2.34. The Hall–Kier alpha value is -2.84. The van der Waals surface area contributed by atoms with Gasteiger partial charge in [0.2, 0.25) is 4.96 Å². The van der Waals surface area contributed by atoms with Crippen LogP contribution in [-0.2, 0) is 10.2 Å². The third kappa shape index (κ3) is 3.79. The lowest BCUT2D eigenvalue weighted by atomic mass is 9.87. The Labute approximate surface area is 210 Å². The van der Waals surface area contributed by atoms with Gasteiger partial charge in [-0.2, -0.15) is 9.50 Å². The molecule has 174 valence electrons. The van der Waals surface area contributed by atoms with Gasteiger partial charge in [0.05, 0.1) is 11.3 Å². The highest BCUT2D eigenvalue weighted by Crippen LogP contribution is 2.37. The van der Waals surface area contributed by atoms with E-state index < -0.39 is 0 Å². The third-order valence-corrected chi connectivity index (χ3v) is 7.63. The molecule has 0 atom stereocenters. The van der Waals surface area contributed by atoms with E-state index in [0.29, 0.717) is 27.4 Å². The Morgan fingerprint density at radius 3 is 2.44 bits per heavy atom. The van der Waals surface area contributed by atoms with E-state index in [4.69, 9.17) is 0 Å². The van der Waals surface area contributed by atoms with E-state index in [0.717, 1.165) is 34.1 Å². The fourth-order valence-electron chi connectivity index (χ4n) is 4.19. The second-order valence-corrected chi connectivity index (χ2v) is 11.4. The Kier molecular flexibility index (Phi) is 5.68. The lowest BCUT2D eigenvalue weighted by molar-refractivity contribution is -0.113. The first-order chi connectivity index (χ1) is 16.2. The molecule has 0 spiro atoms. The maximum Gasteiger partial charge on any atom is 0.291 e. The molecule has 0 bridgehead atoms. The lowest BCUT2D eigenvalue weighted by Crippen LogP contribution is -2.33. The highest BCUT2D eigenvalue weighted by molar-refractivity contribution is 9.10. The van der Waals surface area contributed by atoms with E-state index in [-0.39, 0.29) is 16.9 Å². The average molecular weight is 537 g/mol. The Morgan fingerprint density at radius 1 is 1.06 bits per heavy atom. The molecule has 0 radical (unpaired) electrons. The van der Waals surface area contributed by atoms with Crippen molar-refractivity contribution in [1.29, 1.82) is 0 Å². The van der Waals surface area contributed by atoms with Crippen molar-refractivity contribution < 1.29 is 4.79 Å². The summed E-state index contributed by atoms with van der Waals surface area (Å²) in [6, 6.07) is 13.9. The minimum Gasteiger partial charge on any atom is -0.308 e. The molecular weight excluding hydrogens is 512 g/mol. The number of benzene rings is 2. The molecule has 0 saturated heterocycles. The monoisotopic (exact) mass is 536 g/mol. The summed E-state index contributed by atoms with van der Waals surface area (Å²) in [5.41, 5.74) is 3.87. The molecule has 6 nitrogen and oxygen atoms in total. The molecule has 4 aromatic rings. The first-order valence-corrected chi connectivity index (χ1v) is 13.0. The zero-order chi connectivity index (χ0) is 24.2. The number of anilines is 1. The van der Waals surface area contributed by atoms with Crippen molar-refractivity contribution in [2.75, 3.05) is 11.4 Å². The quantitative estimate of drug-likeness (QED) is 0.370. The van der Waals surface area contributed by atoms with Crippen molar-refractivity contribution in [1.82, 2.24) is 14.6 Å². The summed E-state index contributed by atoms with van der Waals surface area (Å²) in [7, 11) is 0. The molecule has 34 heavy (non-hydrogen) atoms. The fraction of sp³-hybridized carbons (Fsp3) is 0.308. The number of amides is 1. The second kappa shape index (κ2) is 8.43. The smallest absolute Gasteiger partial charge is 0.291 e. The van der Waals surface area contributed by atoms with Crippen molar-refractivity contribution in [3.63, 3.8) is 0 Å². The van der Waals surface area contributed by atoms with Crippen molar-refractivity contribution in [3.05, 3.63) is 73.0 Å². The topological polar surface area (TPSA) is 67.6 Å². The highest BCUT2D eigenvalue weighted by atomic mass is 79.9. The number of carbonyl (C=O) groups is 1. The predicted octanol–water partition coefficient (Wildman–Crippen LogP) is 4.94. The van der Waals surface area contributed by atoms with Gasteiger partial charge in [-0.1, -0.05) is 85.6 Å². The standard InChI is InChI=1S/C26H25BrN4O2S/c1-5-6-13-30-19-12-11-17(27)14-18(19)20(23(30)32)21-24(33)31-25(34-21)28-22(29-31)15-7-9-16(10-8-15)26(2,3)4/h7-12,14H,5-6,13H2,1-4H3/b21-20-. The van der Waals surface area contributed by atoms with Gasteiger partial charge < -0.3 is 4.90 Å². The third-order valence-electron chi connectivity index (χ3n) is 6.11. The van der Waals surface area contributed by atoms with Crippen LogP contribution in [0.2, 0.25) is 0 Å². The number of carbonyl (C=O) groups excluding carboxylic acids is 1. The van der Waals surface area contributed by atoms with Crippen LogP contribution in [0.1, 0.15) is 51.7 Å².